The molecule has 6 nitrogen and oxygen atoms in total. The topological polar surface area (TPSA) is 68.8 Å². The van der Waals surface area contributed by atoms with Crippen molar-refractivity contribution < 1.29 is 19.0 Å². The lowest BCUT2D eigenvalue weighted by molar-refractivity contribution is 0.103. The Morgan fingerprint density at radius 3 is 1.94 bits per heavy atom. The molecule has 34 heavy (non-hydrogen) atoms. The number of rotatable bonds is 11. The maximum atomic E-state index is 13.6. The molecule has 0 bridgehead atoms. The lowest BCUT2D eigenvalue weighted by Crippen LogP contribution is -2.23. The molecule has 2 N–H and O–H groups in total. The molecule has 2 unspecified atom stereocenters. The predicted octanol–water partition coefficient (Wildman–Crippen LogP) is 4.73. The van der Waals surface area contributed by atoms with Gasteiger partial charge in [-0.2, -0.15) is 0 Å². The minimum atomic E-state index is -0.0103. The standard InChI is InChI=1S/C28H36N2O4/c1-2-16-32-23-10-11-24(34-18-13-20-7-5-15-30-20)27-26(23)25-21(28(27)31)8-3-9-22(25)33-17-12-19-6-4-14-29-19/h3,8-11,19-20,29-30H,2,4-7,12-18H2,1H3. The van der Waals surface area contributed by atoms with Gasteiger partial charge in [-0.15, -0.1) is 0 Å². The number of fused-ring (bicyclic) bond motifs is 3. The summed E-state index contributed by atoms with van der Waals surface area (Å²) in [7, 11) is 0. The normalized spacial score (nSPS) is 20.9. The first-order valence-electron chi connectivity index (χ1n) is 13.0. The van der Waals surface area contributed by atoms with Gasteiger partial charge in [0.1, 0.15) is 17.2 Å². The quantitative estimate of drug-likeness (QED) is 0.428. The van der Waals surface area contributed by atoms with Gasteiger partial charge < -0.3 is 24.8 Å². The highest BCUT2D eigenvalue weighted by Crippen LogP contribution is 2.50. The van der Waals surface area contributed by atoms with Crippen LogP contribution in [0.2, 0.25) is 0 Å². The molecule has 2 aliphatic heterocycles. The highest BCUT2D eigenvalue weighted by molar-refractivity contribution is 6.25. The van der Waals surface area contributed by atoms with Crippen molar-refractivity contribution in [2.75, 3.05) is 32.9 Å². The molecule has 2 aromatic rings. The molecule has 2 heterocycles. The minimum Gasteiger partial charge on any atom is -0.493 e. The number of ketones is 1. The summed E-state index contributed by atoms with van der Waals surface area (Å²) in [5.41, 5.74) is 2.94. The summed E-state index contributed by atoms with van der Waals surface area (Å²) in [6.45, 7) is 6.05. The third-order valence-corrected chi connectivity index (χ3v) is 7.11. The van der Waals surface area contributed by atoms with E-state index < -0.39 is 0 Å². The fourth-order valence-electron chi connectivity index (χ4n) is 5.35. The van der Waals surface area contributed by atoms with Crippen LogP contribution in [-0.2, 0) is 0 Å². The zero-order chi connectivity index (χ0) is 23.3. The fourth-order valence-corrected chi connectivity index (χ4v) is 5.35. The first kappa shape index (κ1) is 23.2. The highest BCUT2D eigenvalue weighted by atomic mass is 16.5. The predicted molar refractivity (Wildman–Crippen MR) is 133 cm³/mol. The van der Waals surface area contributed by atoms with Crippen molar-refractivity contribution in [2.24, 2.45) is 0 Å². The molecule has 182 valence electrons. The van der Waals surface area contributed by atoms with Gasteiger partial charge in [0, 0.05) is 28.8 Å². The first-order chi connectivity index (χ1) is 16.8. The summed E-state index contributed by atoms with van der Waals surface area (Å²) in [5, 5.41) is 7.03. The molecule has 0 radical (unpaired) electrons. The van der Waals surface area contributed by atoms with E-state index in [2.05, 4.69) is 17.6 Å². The average molecular weight is 465 g/mol. The molecule has 0 saturated carbocycles. The Morgan fingerprint density at radius 2 is 1.35 bits per heavy atom. The van der Waals surface area contributed by atoms with Crippen LogP contribution in [0.15, 0.2) is 30.3 Å². The Hall–Kier alpha value is -2.57. The molecule has 5 rings (SSSR count). The van der Waals surface area contributed by atoms with Crippen LogP contribution in [0.5, 0.6) is 17.2 Å². The third kappa shape index (κ3) is 4.80. The number of carbonyl (C=O) groups excluding carboxylic acids is 1. The van der Waals surface area contributed by atoms with E-state index in [9.17, 15) is 4.79 Å². The van der Waals surface area contributed by atoms with Gasteiger partial charge in [0.2, 0.25) is 0 Å². The van der Waals surface area contributed by atoms with E-state index in [4.69, 9.17) is 14.2 Å². The van der Waals surface area contributed by atoms with Crippen molar-refractivity contribution in [3.8, 4) is 28.4 Å². The third-order valence-electron chi connectivity index (χ3n) is 7.11. The minimum absolute atomic E-state index is 0.0103. The molecule has 0 aromatic heterocycles. The van der Waals surface area contributed by atoms with Gasteiger partial charge in [0.15, 0.2) is 5.78 Å². The van der Waals surface area contributed by atoms with Crippen LogP contribution in [0.4, 0.5) is 0 Å². The zero-order valence-corrected chi connectivity index (χ0v) is 20.2. The Balaban J connectivity index is 1.42. The zero-order valence-electron chi connectivity index (χ0n) is 20.2. The summed E-state index contributed by atoms with van der Waals surface area (Å²) in [4.78, 5) is 13.6. The molecule has 1 aliphatic carbocycles. The fraction of sp³-hybridized carbons (Fsp3) is 0.536. The van der Waals surface area contributed by atoms with Crippen molar-refractivity contribution >= 4 is 5.78 Å². The second-order valence-electron chi connectivity index (χ2n) is 9.53. The molecule has 2 saturated heterocycles. The molecule has 2 atom stereocenters. The molecule has 3 aliphatic rings. The Labute approximate surface area is 202 Å². The van der Waals surface area contributed by atoms with E-state index in [0.29, 0.717) is 48.8 Å². The highest BCUT2D eigenvalue weighted by Gasteiger charge is 2.35. The van der Waals surface area contributed by atoms with E-state index in [1.807, 2.05) is 30.3 Å². The van der Waals surface area contributed by atoms with Crippen molar-refractivity contribution in [3.63, 3.8) is 0 Å². The van der Waals surface area contributed by atoms with E-state index in [-0.39, 0.29) is 5.78 Å². The van der Waals surface area contributed by atoms with Gasteiger partial charge in [-0.05, 0) is 76.2 Å². The van der Waals surface area contributed by atoms with Gasteiger partial charge in [0.25, 0.3) is 0 Å². The number of nitrogens with one attached hydrogen (secondary N) is 2. The van der Waals surface area contributed by atoms with Crippen LogP contribution >= 0.6 is 0 Å². The lowest BCUT2D eigenvalue weighted by Gasteiger charge is -2.17. The van der Waals surface area contributed by atoms with Crippen molar-refractivity contribution in [1.29, 1.82) is 0 Å². The van der Waals surface area contributed by atoms with E-state index in [1.165, 1.54) is 25.7 Å². The lowest BCUT2D eigenvalue weighted by atomic mass is 10.0. The van der Waals surface area contributed by atoms with Crippen LogP contribution in [0.1, 0.15) is 67.8 Å². The van der Waals surface area contributed by atoms with E-state index in [0.717, 1.165) is 55.0 Å². The van der Waals surface area contributed by atoms with Gasteiger partial charge in [-0.1, -0.05) is 19.1 Å². The van der Waals surface area contributed by atoms with Gasteiger partial charge in [-0.25, -0.2) is 0 Å². The summed E-state index contributed by atoms with van der Waals surface area (Å²) < 4.78 is 18.6. The van der Waals surface area contributed by atoms with Crippen LogP contribution in [0.3, 0.4) is 0 Å². The average Bonchev–Trinajstić information content (AvgIpc) is 3.61. The maximum Gasteiger partial charge on any atom is 0.198 e. The molecular weight excluding hydrogens is 428 g/mol. The van der Waals surface area contributed by atoms with Crippen molar-refractivity contribution in [1.82, 2.24) is 10.6 Å². The van der Waals surface area contributed by atoms with Gasteiger partial charge >= 0.3 is 0 Å². The molecule has 2 aromatic carbocycles. The summed E-state index contributed by atoms with van der Waals surface area (Å²) in [6, 6.07) is 10.6. The van der Waals surface area contributed by atoms with Gasteiger partial charge in [0.05, 0.1) is 25.4 Å². The maximum absolute atomic E-state index is 13.6. The largest absolute Gasteiger partial charge is 0.493 e. The number of ether oxygens (including phenoxy) is 3. The smallest absolute Gasteiger partial charge is 0.198 e. The van der Waals surface area contributed by atoms with Crippen LogP contribution in [0, 0.1) is 0 Å². The monoisotopic (exact) mass is 464 g/mol. The van der Waals surface area contributed by atoms with Crippen molar-refractivity contribution in [2.45, 2.75) is 64.0 Å². The van der Waals surface area contributed by atoms with Crippen LogP contribution in [-0.4, -0.2) is 50.8 Å². The van der Waals surface area contributed by atoms with Crippen molar-refractivity contribution in [3.05, 3.63) is 41.5 Å². The van der Waals surface area contributed by atoms with Crippen LogP contribution < -0.4 is 24.8 Å². The molecule has 0 spiro atoms. The Kier molecular flexibility index (Phi) is 7.36. The van der Waals surface area contributed by atoms with Crippen LogP contribution in [0.25, 0.3) is 11.1 Å². The second-order valence-corrected chi connectivity index (χ2v) is 9.53. The Morgan fingerprint density at radius 1 is 0.765 bits per heavy atom. The molecule has 0 amide bonds. The Bertz CT molecular complexity index is 1010. The molecule has 2 fully saturated rings. The van der Waals surface area contributed by atoms with E-state index in [1.54, 1.807) is 0 Å². The SMILES string of the molecule is CCCOc1ccc(OCCC2CCCN2)c2c1-c1c(OCCC3CCCN3)cccc1C2=O. The molecular formula is C28H36N2O4. The van der Waals surface area contributed by atoms with Gasteiger partial charge in [-0.3, -0.25) is 4.79 Å². The number of hydrogen-bond donors (Lipinski definition) is 2. The second kappa shape index (κ2) is 10.8. The number of hydrogen-bond acceptors (Lipinski definition) is 6. The molecule has 6 heteroatoms. The first-order valence-corrected chi connectivity index (χ1v) is 13.0. The van der Waals surface area contributed by atoms with E-state index >= 15 is 0 Å². The summed E-state index contributed by atoms with van der Waals surface area (Å²) >= 11 is 0. The summed E-state index contributed by atoms with van der Waals surface area (Å²) in [5.74, 6) is 2.10. The summed E-state index contributed by atoms with van der Waals surface area (Å²) in [6.07, 6.45) is 7.63. The number of benzene rings is 2. The number of carbonyl (C=O) groups is 1.